The average Bonchev–Trinajstić information content (AvgIpc) is 2.38. The second kappa shape index (κ2) is 6.27. The fourth-order valence-electron chi connectivity index (χ4n) is 3.34. The first-order valence-electron chi connectivity index (χ1n) is 7.52. The second-order valence-electron chi connectivity index (χ2n) is 6.45. The average molecular weight is 272 g/mol. The summed E-state index contributed by atoms with van der Waals surface area (Å²) >= 11 is 6.10. The van der Waals surface area contributed by atoms with E-state index in [1.54, 1.807) is 0 Å². The maximum Gasteiger partial charge on any atom is 0.225 e. The number of amides is 1. The van der Waals surface area contributed by atoms with Gasteiger partial charge < -0.3 is 5.32 Å². The number of rotatable bonds is 3. The zero-order valence-electron chi connectivity index (χ0n) is 11.5. The molecule has 2 aliphatic carbocycles. The Bertz CT molecular complexity index is 278. The summed E-state index contributed by atoms with van der Waals surface area (Å²) < 4.78 is 0. The largest absolute Gasteiger partial charge is 0.355 e. The van der Waals surface area contributed by atoms with Crippen molar-refractivity contribution in [2.24, 2.45) is 11.3 Å². The normalized spacial score (nSPS) is 31.9. The van der Waals surface area contributed by atoms with Crippen LogP contribution in [0.3, 0.4) is 0 Å². The molecule has 2 rings (SSSR count). The van der Waals surface area contributed by atoms with E-state index < -0.39 is 0 Å². The third-order valence-electron chi connectivity index (χ3n) is 4.83. The molecule has 2 saturated carbocycles. The minimum atomic E-state index is -0.0953. The Morgan fingerprint density at radius 1 is 1.17 bits per heavy atom. The summed E-state index contributed by atoms with van der Waals surface area (Å²) in [6, 6.07) is 0. The Kier molecular flexibility index (Phi) is 4.94. The van der Waals surface area contributed by atoms with Gasteiger partial charge in [0.25, 0.3) is 0 Å². The highest BCUT2D eigenvalue weighted by Crippen LogP contribution is 2.36. The molecule has 0 bridgehead atoms. The lowest BCUT2D eigenvalue weighted by atomic mass is 9.75. The highest BCUT2D eigenvalue weighted by molar-refractivity contribution is 6.20. The first kappa shape index (κ1) is 14.2. The van der Waals surface area contributed by atoms with Crippen molar-refractivity contribution < 1.29 is 4.79 Å². The van der Waals surface area contributed by atoms with Crippen LogP contribution in [0.15, 0.2) is 0 Å². The van der Waals surface area contributed by atoms with Gasteiger partial charge in [-0.25, -0.2) is 0 Å². The van der Waals surface area contributed by atoms with Gasteiger partial charge in [0.05, 0.1) is 0 Å². The molecule has 0 spiro atoms. The predicted octanol–water partition coefficient (Wildman–Crippen LogP) is 3.87. The molecule has 0 aliphatic heterocycles. The van der Waals surface area contributed by atoms with Crippen molar-refractivity contribution in [1.82, 2.24) is 5.32 Å². The summed E-state index contributed by atoms with van der Waals surface area (Å²) in [5, 5.41) is 3.56. The van der Waals surface area contributed by atoms with Gasteiger partial charge in [0, 0.05) is 17.3 Å². The zero-order chi connectivity index (χ0) is 13.0. The molecule has 18 heavy (non-hydrogen) atoms. The minimum absolute atomic E-state index is 0.0953. The van der Waals surface area contributed by atoms with E-state index in [-0.39, 0.29) is 11.3 Å². The second-order valence-corrected chi connectivity index (χ2v) is 7.07. The fourth-order valence-corrected chi connectivity index (χ4v) is 3.59. The third-order valence-corrected chi connectivity index (χ3v) is 5.27. The first-order valence-corrected chi connectivity index (χ1v) is 7.96. The lowest BCUT2D eigenvalue weighted by molar-refractivity contribution is -0.132. The molecule has 1 amide bonds. The van der Waals surface area contributed by atoms with Crippen LogP contribution < -0.4 is 5.32 Å². The quantitative estimate of drug-likeness (QED) is 0.776. The van der Waals surface area contributed by atoms with E-state index in [2.05, 4.69) is 12.2 Å². The van der Waals surface area contributed by atoms with E-state index in [4.69, 9.17) is 11.6 Å². The van der Waals surface area contributed by atoms with Crippen molar-refractivity contribution in [2.75, 3.05) is 6.54 Å². The Morgan fingerprint density at radius 2 is 1.78 bits per heavy atom. The molecule has 2 aliphatic rings. The molecule has 2 nitrogen and oxygen atoms in total. The van der Waals surface area contributed by atoms with Crippen molar-refractivity contribution in [1.29, 1.82) is 0 Å². The lowest BCUT2D eigenvalue weighted by Crippen LogP contribution is -2.42. The molecule has 3 heteroatoms. The Hall–Kier alpha value is -0.240. The van der Waals surface area contributed by atoms with Gasteiger partial charge in [-0.2, -0.15) is 0 Å². The summed E-state index contributed by atoms with van der Waals surface area (Å²) in [5.74, 6) is 0.936. The van der Waals surface area contributed by atoms with Gasteiger partial charge in [-0.05, 0) is 44.4 Å². The summed E-state index contributed by atoms with van der Waals surface area (Å²) in [6.45, 7) is 3.00. The first-order chi connectivity index (χ1) is 8.60. The van der Waals surface area contributed by atoms with Crippen LogP contribution in [0, 0.1) is 11.3 Å². The van der Waals surface area contributed by atoms with E-state index in [1.807, 2.05) is 0 Å². The predicted molar refractivity (Wildman–Crippen MR) is 75.8 cm³/mol. The van der Waals surface area contributed by atoms with Crippen molar-refractivity contribution in [3.8, 4) is 0 Å². The zero-order valence-corrected chi connectivity index (χ0v) is 12.3. The van der Waals surface area contributed by atoms with Crippen LogP contribution in [-0.2, 0) is 4.79 Å². The number of carbonyl (C=O) groups excluding carboxylic acids is 1. The summed E-state index contributed by atoms with van der Waals surface area (Å²) in [5.41, 5.74) is -0.0953. The third kappa shape index (κ3) is 3.63. The summed E-state index contributed by atoms with van der Waals surface area (Å²) in [7, 11) is 0. The fraction of sp³-hybridized carbons (Fsp3) is 0.933. The molecule has 0 heterocycles. The number of carbonyl (C=O) groups is 1. The van der Waals surface area contributed by atoms with Gasteiger partial charge in [0.2, 0.25) is 5.91 Å². The Labute approximate surface area is 116 Å². The molecular formula is C15H26ClNO. The SMILES string of the molecule is CC1(C(=O)NCC2CCC(Cl)CC2)CCCCC1. The number of hydrogen-bond donors (Lipinski definition) is 1. The summed E-state index contributed by atoms with van der Waals surface area (Å²) in [6.07, 6.45) is 10.4. The Morgan fingerprint density at radius 3 is 2.39 bits per heavy atom. The maximum absolute atomic E-state index is 12.3. The van der Waals surface area contributed by atoms with E-state index in [0.29, 0.717) is 11.3 Å². The molecule has 0 aromatic heterocycles. The molecular weight excluding hydrogens is 246 g/mol. The topological polar surface area (TPSA) is 29.1 Å². The van der Waals surface area contributed by atoms with E-state index in [9.17, 15) is 4.79 Å². The molecule has 0 atom stereocenters. The molecule has 0 aromatic rings. The minimum Gasteiger partial charge on any atom is -0.355 e. The molecule has 0 aromatic carbocycles. The van der Waals surface area contributed by atoms with E-state index >= 15 is 0 Å². The van der Waals surface area contributed by atoms with Crippen LogP contribution in [0.25, 0.3) is 0 Å². The van der Waals surface area contributed by atoms with Gasteiger partial charge in [-0.15, -0.1) is 11.6 Å². The van der Waals surface area contributed by atoms with Gasteiger partial charge in [-0.1, -0.05) is 26.2 Å². The molecule has 1 N–H and O–H groups in total. The van der Waals surface area contributed by atoms with Gasteiger partial charge >= 0.3 is 0 Å². The number of alkyl halides is 1. The molecule has 2 fully saturated rings. The van der Waals surface area contributed by atoms with Crippen molar-refractivity contribution in [3.05, 3.63) is 0 Å². The monoisotopic (exact) mass is 271 g/mol. The van der Waals surface area contributed by atoms with Crippen LogP contribution in [0.5, 0.6) is 0 Å². The summed E-state index contributed by atoms with van der Waals surface area (Å²) in [4.78, 5) is 12.3. The van der Waals surface area contributed by atoms with E-state index in [1.165, 1.54) is 32.1 Å². The van der Waals surface area contributed by atoms with Crippen LogP contribution in [0.1, 0.15) is 64.7 Å². The highest BCUT2D eigenvalue weighted by Gasteiger charge is 2.34. The highest BCUT2D eigenvalue weighted by atomic mass is 35.5. The lowest BCUT2D eigenvalue weighted by Gasteiger charge is -2.33. The molecule has 0 radical (unpaired) electrons. The van der Waals surface area contributed by atoms with Gasteiger partial charge in [0.1, 0.15) is 0 Å². The number of hydrogen-bond acceptors (Lipinski definition) is 1. The van der Waals surface area contributed by atoms with Crippen molar-refractivity contribution in [3.63, 3.8) is 0 Å². The Balaban J connectivity index is 1.74. The van der Waals surface area contributed by atoms with Crippen molar-refractivity contribution in [2.45, 2.75) is 70.1 Å². The van der Waals surface area contributed by atoms with Crippen LogP contribution in [0.4, 0.5) is 0 Å². The maximum atomic E-state index is 12.3. The van der Waals surface area contributed by atoms with E-state index in [0.717, 1.165) is 32.2 Å². The van der Waals surface area contributed by atoms with Gasteiger partial charge in [-0.3, -0.25) is 4.79 Å². The molecule has 0 saturated heterocycles. The van der Waals surface area contributed by atoms with Crippen LogP contribution in [-0.4, -0.2) is 17.8 Å². The smallest absolute Gasteiger partial charge is 0.225 e. The van der Waals surface area contributed by atoms with Gasteiger partial charge in [0.15, 0.2) is 0 Å². The molecule has 0 unspecified atom stereocenters. The number of nitrogens with one attached hydrogen (secondary N) is 1. The van der Waals surface area contributed by atoms with Crippen LogP contribution in [0.2, 0.25) is 0 Å². The van der Waals surface area contributed by atoms with Crippen molar-refractivity contribution >= 4 is 17.5 Å². The molecule has 104 valence electrons. The number of halogens is 1. The standard InChI is InChI=1S/C15H26ClNO/c1-15(9-3-2-4-10-15)14(18)17-11-12-5-7-13(16)8-6-12/h12-13H,2-11H2,1H3,(H,17,18). The van der Waals surface area contributed by atoms with Crippen LogP contribution >= 0.6 is 11.6 Å².